The van der Waals surface area contributed by atoms with Crippen molar-refractivity contribution in [3.63, 3.8) is 0 Å². The molecule has 1 unspecified atom stereocenters. The van der Waals surface area contributed by atoms with Crippen molar-refractivity contribution in [2.75, 3.05) is 6.61 Å². The second-order valence-corrected chi connectivity index (χ2v) is 6.28. The third kappa shape index (κ3) is 3.07. The Balaban J connectivity index is 1.77. The second-order valence-electron chi connectivity index (χ2n) is 5.90. The summed E-state index contributed by atoms with van der Waals surface area (Å²) in [7, 11) is 0. The minimum absolute atomic E-state index is 0.0249. The van der Waals surface area contributed by atoms with Gasteiger partial charge >= 0.3 is 0 Å². The number of aromatic nitrogens is 3. The van der Waals surface area contributed by atoms with E-state index in [1.807, 2.05) is 41.1 Å². The van der Waals surface area contributed by atoms with E-state index < -0.39 is 0 Å². The van der Waals surface area contributed by atoms with Crippen molar-refractivity contribution in [3.8, 4) is 0 Å². The topological polar surface area (TPSA) is 39.9 Å². The van der Waals surface area contributed by atoms with E-state index in [0.29, 0.717) is 5.15 Å². The summed E-state index contributed by atoms with van der Waals surface area (Å²) in [6.07, 6.45) is 7.24. The van der Waals surface area contributed by atoms with Gasteiger partial charge in [0, 0.05) is 6.61 Å². The number of nitrogens with zero attached hydrogens (tertiary/aromatic N) is 3. The zero-order valence-corrected chi connectivity index (χ0v) is 14.0. The molecule has 122 valence electrons. The molecule has 0 bridgehead atoms. The summed E-state index contributed by atoms with van der Waals surface area (Å²) in [6.45, 7) is 0.780. The summed E-state index contributed by atoms with van der Waals surface area (Å²) < 4.78 is 7.84. The van der Waals surface area contributed by atoms with Crippen LogP contribution in [0, 0.1) is 0 Å². The van der Waals surface area contributed by atoms with Gasteiger partial charge in [-0.1, -0.05) is 48.0 Å². The molecular weight excluding hydrogens is 322 g/mol. The predicted molar refractivity (Wildman–Crippen MR) is 96.7 cm³/mol. The van der Waals surface area contributed by atoms with E-state index in [0.717, 1.165) is 48.2 Å². The average molecular weight is 340 g/mol. The first-order valence-corrected chi connectivity index (χ1v) is 8.58. The fraction of sp³-hybridized carbons (Fsp3) is 0.263. The first-order valence-electron chi connectivity index (χ1n) is 8.21. The Hall–Kier alpha value is -2.17. The Kier molecular flexibility index (Phi) is 4.32. The van der Waals surface area contributed by atoms with E-state index in [1.165, 1.54) is 0 Å². The van der Waals surface area contributed by atoms with Crippen LogP contribution in [0.1, 0.15) is 36.7 Å². The molecule has 3 heterocycles. The van der Waals surface area contributed by atoms with Gasteiger partial charge < -0.3 is 4.74 Å². The highest BCUT2D eigenvalue weighted by molar-refractivity contribution is 6.29. The summed E-state index contributed by atoms with van der Waals surface area (Å²) in [5.74, 6) is 0. The number of benzene rings is 1. The lowest BCUT2D eigenvalue weighted by molar-refractivity contribution is -0.0367. The molecule has 4 nitrogen and oxygen atoms in total. The molecule has 0 N–H and O–H groups in total. The van der Waals surface area contributed by atoms with Gasteiger partial charge in [0.2, 0.25) is 0 Å². The molecule has 0 aliphatic carbocycles. The molecule has 1 saturated heterocycles. The van der Waals surface area contributed by atoms with Crippen LogP contribution in [0.15, 0.2) is 42.5 Å². The Morgan fingerprint density at radius 3 is 2.75 bits per heavy atom. The molecule has 1 fully saturated rings. The Bertz CT molecular complexity index is 867. The van der Waals surface area contributed by atoms with Gasteiger partial charge in [-0.2, -0.15) is 5.10 Å². The second kappa shape index (κ2) is 6.75. The van der Waals surface area contributed by atoms with E-state index >= 15 is 0 Å². The van der Waals surface area contributed by atoms with Crippen molar-refractivity contribution in [2.24, 2.45) is 0 Å². The van der Waals surface area contributed by atoms with Gasteiger partial charge in [0.15, 0.2) is 6.23 Å². The molecule has 2 aromatic heterocycles. The summed E-state index contributed by atoms with van der Waals surface area (Å²) in [5, 5.41) is 5.23. The molecule has 0 spiro atoms. The minimum Gasteiger partial charge on any atom is -0.356 e. The third-order valence-electron chi connectivity index (χ3n) is 4.21. The SMILES string of the molecule is Clc1ccc2c(n1)c(/C=C/c1ccccc1)nn2C1CCCCO1. The number of rotatable bonds is 3. The van der Waals surface area contributed by atoms with Gasteiger partial charge in [0.05, 0.1) is 5.52 Å². The highest BCUT2D eigenvalue weighted by Crippen LogP contribution is 2.28. The van der Waals surface area contributed by atoms with Crippen LogP contribution in [0.4, 0.5) is 0 Å². The molecule has 5 heteroatoms. The summed E-state index contributed by atoms with van der Waals surface area (Å²) >= 11 is 6.10. The maximum atomic E-state index is 6.10. The van der Waals surface area contributed by atoms with Crippen LogP contribution in [-0.4, -0.2) is 21.4 Å². The molecule has 4 rings (SSSR count). The standard InChI is InChI=1S/C19H18ClN3O/c20-17-12-11-16-19(21-17)15(10-9-14-6-2-1-3-7-14)22-23(16)18-8-4-5-13-24-18/h1-3,6-7,9-12,18H,4-5,8,13H2/b10-9+. The average Bonchev–Trinajstić information content (AvgIpc) is 2.99. The third-order valence-corrected chi connectivity index (χ3v) is 4.42. The quantitative estimate of drug-likeness (QED) is 0.633. The van der Waals surface area contributed by atoms with E-state index in [4.69, 9.17) is 21.4 Å². The van der Waals surface area contributed by atoms with Crippen molar-refractivity contribution < 1.29 is 4.74 Å². The van der Waals surface area contributed by atoms with Crippen LogP contribution in [0.5, 0.6) is 0 Å². The monoisotopic (exact) mass is 339 g/mol. The van der Waals surface area contributed by atoms with Gasteiger partial charge in [-0.25, -0.2) is 9.67 Å². The first-order chi connectivity index (χ1) is 11.8. The first kappa shape index (κ1) is 15.4. The maximum Gasteiger partial charge on any atom is 0.150 e. The molecule has 24 heavy (non-hydrogen) atoms. The number of hydrogen-bond acceptors (Lipinski definition) is 3. The van der Waals surface area contributed by atoms with Gasteiger partial charge in [0.1, 0.15) is 16.4 Å². The van der Waals surface area contributed by atoms with E-state index in [1.54, 1.807) is 6.07 Å². The summed E-state index contributed by atoms with van der Waals surface area (Å²) in [5.41, 5.74) is 3.70. The molecule has 0 radical (unpaired) electrons. The number of pyridine rings is 1. The van der Waals surface area contributed by atoms with E-state index in [-0.39, 0.29) is 6.23 Å². The fourth-order valence-electron chi connectivity index (χ4n) is 3.01. The predicted octanol–water partition coefficient (Wildman–Crippen LogP) is 4.95. The number of halogens is 1. The lowest BCUT2D eigenvalue weighted by Gasteiger charge is -2.23. The van der Waals surface area contributed by atoms with Gasteiger partial charge in [-0.15, -0.1) is 0 Å². The molecule has 1 aliphatic rings. The highest BCUT2D eigenvalue weighted by Gasteiger charge is 2.21. The number of hydrogen-bond donors (Lipinski definition) is 0. The fourth-order valence-corrected chi connectivity index (χ4v) is 3.15. The van der Waals surface area contributed by atoms with Crippen LogP contribution in [0.3, 0.4) is 0 Å². The van der Waals surface area contributed by atoms with Crippen LogP contribution in [0.2, 0.25) is 5.15 Å². The summed E-state index contributed by atoms with van der Waals surface area (Å²) in [4.78, 5) is 4.48. The van der Waals surface area contributed by atoms with Crippen molar-refractivity contribution >= 4 is 34.8 Å². The summed E-state index contributed by atoms with van der Waals surface area (Å²) in [6, 6.07) is 13.9. The smallest absolute Gasteiger partial charge is 0.150 e. The van der Waals surface area contributed by atoms with Crippen LogP contribution < -0.4 is 0 Å². The van der Waals surface area contributed by atoms with Crippen molar-refractivity contribution in [1.82, 2.24) is 14.8 Å². The number of ether oxygens (including phenoxy) is 1. The maximum absolute atomic E-state index is 6.10. The Morgan fingerprint density at radius 1 is 1.08 bits per heavy atom. The van der Waals surface area contributed by atoms with E-state index in [9.17, 15) is 0 Å². The molecule has 0 saturated carbocycles. The van der Waals surface area contributed by atoms with Crippen molar-refractivity contribution in [2.45, 2.75) is 25.5 Å². The van der Waals surface area contributed by atoms with Crippen molar-refractivity contribution in [3.05, 3.63) is 58.9 Å². The largest absolute Gasteiger partial charge is 0.356 e. The highest BCUT2D eigenvalue weighted by atomic mass is 35.5. The molecular formula is C19H18ClN3O. The molecule has 1 atom stereocenters. The van der Waals surface area contributed by atoms with Crippen LogP contribution in [0.25, 0.3) is 23.2 Å². The minimum atomic E-state index is -0.0249. The van der Waals surface area contributed by atoms with Gasteiger partial charge in [-0.05, 0) is 43.0 Å². The van der Waals surface area contributed by atoms with Gasteiger partial charge in [0.25, 0.3) is 0 Å². The molecule has 3 aromatic rings. The lowest BCUT2D eigenvalue weighted by atomic mass is 10.2. The van der Waals surface area contributed by atoms with Crippen molar-refractivity contribution in [1.29, 1.82) is 0 Å². The molecule has 0 amide bonds. The molecule has 1 aliphatic heterocycles. The van der Waals surface area contributed by atoms with Crippen LogP contribution >= 0.6 is 11.6 Å². The van der Waals surface area contributed by atoms with E-state index in [2.05, 4.69) is 17.1 Å². The number of fused-ring (bicyclic) bond motifs is 1. The van der Waals surface area contributed by atoms with Crippen LogP contribution in [-0.2, 0) is 4.74 Å². The Morgan fingerprint density at radius 2 is 1.96 bits per heavy atom. The van der Waals surface area contributed by atoms with Gasteiger partial charge in [-0.3, -0.25) is 0 Å². The Labute approximate surface area is 145 Å². The zero-order chi connectivity index (χ0) is 16.4. The zero-order valence-electron chi connectivity index (χ0n) is 13.2. The molecule has 1 aromatic carbocycles. The lowest BCUT2D eigenvalue weighted by Crippen LogP contribution is -2.19. The normalized spacial score (nSPS) is 18.5.